The SMILES string of the molecule is Cc1csc(CC2=NC(C(C)C)C(=O)N2)n1. The summed E-state index contributed by atoms with van der Waals surface area (Å²) in [5.74, 6) is 1.01. The highest BCUT2D eigenvalue weighted by Gasteiger charge is 2.28. The number of nitrogens with zero attached hydrogens (tertiary/aromatic N) is 2. The first-order chi connectivity index (χ1) is 7.56. The number of rotatable bonds is 3. The number of amides is 1. The predicted octanol–water partition coefficient (Wildman–Crippen LogP) is 1.55. The predicted molar refractivity (Wildman–Crippen MR) is 64.8 cm³/mol. The lowest BCUT2D eigenvalue weighted by molar-refractivity contribution is -0.120. The molecule has 2 heterocycles. The van der Waals surface area contributed by atoms with Crippen LogP contribution in [0.1, 0.15) is 24.5 Å². The molecule has 0 radical (unpaired) electrons. The minimum atomic E-state index is -0.226. The summed E-state index contributed by atoms with van der Waals surface area (Å²) in [4.78, 5) is 20.3. The molecule has 1 atom stereocenters. The summed E-state index contributed by atoms with van der Waals surface area (Å²) in [6.07, 6.45) is 0.632. The van der Waals surface area contributed by atoms with E-state index in [-0.39, 0.29) is 17.9 Å². The number of thiazole rings is 1. The van der Waals surface area contributed by atoms with Gasteiger partial charge in [-0.1, -0.05) is 13.8 Å². The summed E-state index contributed by atoms with van der Waals surface area (Å²) >= 11 is 1.60. The molecule has 1 aliphatic rings. The van der Waals surface area contributed by atoms with Crippen LogP contribution in [0, 0.1) is 12.8 Å². The lowest BCUT2D eigenvalue weighted by atomic mass is 10.1. The van der Waals surface area contributed by atoms with E-state index in [1.54, 1.807) is 11.3 Å². The Labute approximate surface area is 98.8 Å². The summed E-state index contributed by atoms with van der Waals surface area (Å²) in [7, 11) is 0. The van der Waals surface area contributed by atoms with Gasteiger partial charge in [-0.2, -0.15) is 0 Å². The van der Waals surface area contributed by atoms with Crippen molar-refractivity contribution in [3.8, 4) is 0 Å². The van der Waals surface area contributed by atoms with Crippen LogP contribution in [0.25, 0.3) is 0 Å². The summed E-state index contributed by atoms with van der Waals surface area (Å²) in [6.45, 7) is 5.97. The Morgan fingerprint density at radius 2 is 2.31 bits per heavy atom. The van der Waals surface area contributed by atoms with Crippen LogP contribution < -0.4 is 5.32 Å². The average molecular weight is 237 g/mol. The van der Waals surface area contributed by atoms with E-state index in [1.165, 1.54) is 0 Å². The molecule has 1 aliphatic heterocycles. The first-order valence-electron chi connectivity index (χ1n) is 5.35. The molecule has 4 nitrogen and oxygen atoms in total. The third kappa shape index (κ3) is 2.29. The maximum absolute atomic E-state index is 11.6. The molecule has 0 aliphatic carbocycles. The van der Waals surface area contributed by atoms with Crippen molar-refractivity contribution in [1.29, 1.82) is 0 Å². The standard InChI is InChI=1S/C11H15N3OS/c1-6(2)10-11(15)14-8(13-10)4-9-12-7(3)5-16-9/h5-6,10H,4H2,1-3H3,(H,13,14,15). The van der Waals surface area contributed by atoms with Gasteiger partial charge in [0.15, 0.2) is 0 Å². The number of amidine groups is 1. The van der Waals surface area contributed by atoms with Crippen LogP contribution in [0.2, 0.25) is 0 Å². The van der Waals surface area contributed by atoms with Gasteiger partial charge >= 0.3 is 0 Å². The van der Waals surface area contributed by atoms with Crippen LogP contribution in [-0.2, 0) is 11.2 Å². The van der Waals surface area contributed by atoms with Gasteiger partial charge in [-0.15, -0.1) is 11.3 Å². The molecule has 86 valence electrons. The number of aromatic nitrogens is 1. The Balaban J connectivity index is 2.07. The van der Waals surface area contributed by atoms with Crippen molar-refractivity contribution in [3.63, 3.8) is 0 Å². The third-order valence-electron chi connectivity index (χ3n) is 2.45. The zero-order valence-electron chi connectivity index (χ0n) is 9.65. The lowest BCUT2D eigenvalue weighted by Crippen LogP contribution is -2.31. The molecule has 1 aromatic heterocycles. The van der Waals surface area contributed by atoms with E-state index in [4.69, 9.17) is 0 Å². The molecule has 0 fully saturated rings. The highest BCUT2D eigenvalue weighted by Crippen LogP contribution is 2.15. The molecular weight excluding hydrogens is 222 g/mol. The van der Waals surface area contributed by atoms with Crippen LogP contribution in [0.15, 0.2) is 10.4 Å². The Kier molecular flexibility index (Phi) is 3.05. The normalized spacial score (nSPS) is 20.1. The van der Waals surface area contributed by atoms with Gasteiger partial charge in [0, 0.05) is 11.1 Å². The molecule has 5 heteroatoms. The first-order valence-corrected chi connectivity index (χ1v) is 6.23. The smallest absolute Gasteiger partial charge is 0.250 e. The van der Waals surface area contributed by atoms with E-state index in [1.807, 2.05) is 26.2 Å². The Bertz CT molecular complexity index is 436. The Morgan fingerprint density at radius 3 is 2.81 bits per heavy atom. The molecular formula is C11H15N3OS. The second kappa shape index (κ2) is 4.33. The van der Waals surface area contributed by atoms with Crippen LogP contribution in [0.3, 0.4) is 0 Å². The average Bonchev–Trinajstić information content (AvgIpc) is 2.73. The molecule has 0 saturated carbocycles. The third-order valence-corrected chi connectivity index (χ3v) is 3.41. The van der Waals surface area contributed by atoms with Gasteiger partial charge in [-0.25, -0.2) is 4.98 Å². The Morgan fingerprint density at radius 1 is 1.56 bits per heavy atom. The highest BCUT2D eigenvalue weighted by atomic mass is 32.1. The molecule has 1 aromatic rings. The molecule has 0 saturated heterocycles. The van der Waals surface area contributed by atoms with E-state index >= 15 is 0 Å². The van der Waals surface area contributed by atoms with E-state index in [9.17, 15) is 4.79 Å². The minimum Gasteiger partial charge on any atom is -0.312 e. The molecule has 0 aromatic carbocycles. The van der Waals surface area contributed by atoms with Crippen LogP contribution in [-0.4, -0.2) is 22.8 Å². The summed E-state index contributed by atoms with van der Waals surface area (Å²) in [5, 5.41) is 5.83. The van der Waals surface area contributed by atoms with Crippen molar-refractivity contribution >= 4 is 23.1 Å². The maximum Gasteiger partial charge on any atom is 0.250 e. The van der Waals surface area contributed by atoms with E-state index in [0.717, 1.165) is 16.5 Å². The zero-order chi connectivity index (χ0) is 11.7. The highest BCUT2D eigenvalue weighted by molar-refractivity contribution is 7.09. The number of aryl methyl sites for hydroxylation is 1. The maximum atomic E-state index is 11.6. The first kappa shape index (κ1) is 11.3. The summed E-state index contributed by atoms with van der Waals surface area (Å²) < 4.78 is 0. The number of nitrogens with one attached hydrogen (secondary N) is 1. The van der Waals surface area contributed by atoms with E-state index in [0.29, 0.717) is 6.42 Å². The monoisotopic (exact) mass is 237 g/mol. The van der Waals surface area contributed by atoms with Crippen LogP contribution in [0.5, 0.6) is 0 Å². The van der Waals surface area contributed by atoms with Gasteiger partial charge in [0.2, 0.25) is 5.91 Å². The fourth-order valence-electron chi connectivity index (χ4n) is 1.64. The van der Waals surface area contributed by atoms with Crippen molar-refractivity contribution in [2.24, 2.45) is 10.9 Å². The second-order valence-electron chi connectivity index (χ2n) is 4.31. The van der Waals surface area contributed by atoms with Crippen molar-refractivity contribution in [3.05, 3.63) is 16.1 Å². The van der Waals surface area contributed by atoms with Gasteiger partial charge in [-0.3, -0.25) is 9.79 Å². The second-order valence-corrected chi connectivity index (χ2v) is 5.26. The van der Waals surface area contributed by atoms with E-state index in [2.05, 4.69) is 15.3 Å². The van der Waals surface area contributed by atoms with Crippen molar-refractivity contribution in [2.45, 2.75) is 33.2 Å². The minimum absolute atomic E-state index is 0.0123. The lowest BCUT2D eigenvalue weighted by Gasteiger charge is -2.06. The largest absolute Gasteiger partial charge is 0.312 e. The molecule has 1 unspecified atom stereocenters. The van der Waals surface area contributed by atoms with Crippen molar-refractivity contribution in [2.75, 3.05) is 0 Å². The van der Waals surface area contributed by atoms with Crippen molar-refractivity contribution in [1.82, 2.24) is 10.3 Å². The fourth-order valence-corrected chi connectivity index (χ4v) is 2.42. The Hall–Kier alpha value is -1.23. The quantitative estimate of drug-likeness (QED) is 0.867. The van der Waals surface area contributed by atoms with Gasteiger partial charge in [-0.05, 0) is 12.8 Å². The zero-order valence-corrected chi connectivity index (χ0v) is 10.5. The van der Waals surface area contributed by atoms with Gasteiger partial charge in [0.1, 0.15) is 16.9 Å². The molecule has 1 N–H and O–H groups in total. The molecule has 0 bridgehead atoms. The number of aliphatic imine (C=N–C) groups is 1. The number of hydrogen-bond donors (Lipinski definition) is 1. The number of carbonyl (C=O) groups excluding carboxylic acids is 1. The van der Waals surface area contributed by atoms with Gasteiger partial charge in [0.25, 0.3) is 0 Å². The van der Waals surface area contributed by atoms with Crippen LogP contribution in [0.4, 0.5) is 0 Å². The number of hydrogen-bond acceptors (Lipinski definition) is 4. The van der Waals surface area contributed by atoms with E-state index < -0.39 is 0 Å². The van der Waals surface area contributed by atoms with Crippen molar-refractivity contribution < 1.29 is 4.79 Å². The topological polar surface area (TPSA) is 54.4 Å². The fraction of sp³-hybridized carbons (Fsp3) is 0.545. The molecule has 2 rings (SSSR count). The number of carbonyl (C=O) groups is 1. The van der Waals surface area contributed by atoms with Gasteiger partial charge in [0.05, 0.1) is 6.42 Å². The molecule has 16 heavy (non-hydrogen) atoms. The summed E-state index contributed by atoms with van der Waals surface area (Å²) in [6, 6.07) is -0.226. The molecule has 0 spiro atoms. The van der Waals surface area contributed by atoms with Gasteiger partial charge < -0.3 is 5.32 Å². The summed E-state index contributed by atoms with van der Waals surface area (Å²) in [5.41, 5.74) is 1.02. The van der Waals surface area contributed by atoms with Crippen LogP contribution >= 0.6 is 11.3 Å². The molecule has 1 amide bonds.